The van der Waals surface area contributed by atoms with Gasteiger partial charge in [-0.15, -0.1) is 0 Å². The molecule has 0 fully saturated rings. The zero-order valence-electron chi connectivity index (χ0n) is 8.51. The van der Waals surface area contributed by atoms with E-state index >= 15 is 0 Å². The maximum atomic E-state index is 11.2. The Labute approximate surface area is 80.0 Å². The fourth-order valence-corrected chi connectivity index (χ4v) is 1.77. The van der Waals surface area contributed by atoms with Crippen LogP contribution in [0.3, 0.4) is 0 Å². The predicted molar refractivity (Wildman–Crippen MR) is 52.3 cm³/mol. The van der Waals surface area contributed by atoms with Crippen molar-refractivity contribution in [1.29, 1.82) is 0 Å². The Kier molecular flexibility index (Phi) is 4.00. The van der Waals surface area contributed by atoms with Crippen LogP contribution in [0.5, 0.6) is 0 Å². The van der Waals surface area contributed by atoms with Crippen LogP contribution in [0.2, 0.25) is 0 Å². The van der Waals surface area contributed by atoms with Crippen LogP contribution in [-0.2, 0) is 9.53 Å². The Morgan fingerprint density at radius 3 is 3.08 bits per heavy atom. The first kappa shape index (κ1) is 10.3. The lowest BCUT2D eigenvalue weighted by atomic mass is 9.86. The number of hydrogen-bond acceptors (Lipinski definition) is 2. The van der Waals surface area contributed by atoms with Crippen LogP contribution < -0.4 is 0 Å². The van der Waals surface area contributed by atoms with Gasteiger partial charge in [-0.05, 0) is 39.0 Å². The minimum absolute atomic E-state index is 0.0536. The van der Waals surface area contributed by atoms with Crippen molar-refractivity contribution < 1.29 is 9.53 Å². The predicted octanol–water partition coefficient (Wildman–Crippen LogP) is 2.69. The van der Waals surface area contributed by atoms with Crippen molar-refractivity contribution in [2.75, 3.05) is 6.61 Å². The average Bonchev–Trinajstić information content (AvgIpc) is 2.09. The molecule has 0 heterocycles. The highest BCUT2D eigenvalue weighted by Crippen LogP contribution is 2.27. The molecule has 74 valence electrons. The summed E-state index contributed by atoms with van der Waals surface area (Å²) in [7, 11) is 0. The first-order valence-electron chi connectivity index (χ1n) is 5.06. The molecule has 0 aromatic heterocycles. The number of carbonyl (C=O) groups excluding carboxylic acids is 1. The average molecular weight is 182 g/mol. The second-order valence-electron chi connectivity index (χ2n) is 3.59. The van der Waals surface area contributed by atoms with Crippen molar-refractivity contribution in [3.05, 3.63) is 11.6 Å². The molecule has 13 heavy (non-hydrogen) atoms. The Bertz CT molecular complexity index is 206. The Morgan fingerprint density at radius 1 is 1.69 bits per heavy atom. The molecule has 2 nitrogen and oxygen atoms in total. The first-order valence-corrected chi connectivity index (χ1v) is 5.06. The molecule has 0 amide bonds. The molecule has 0 aromatic carbocycles. The van der Waals surface area contributed by atoms with Crippen molar-refractivity contribution in [2.45, 2.75) is 39.5 Å². The van der Waals surface area contributed by atoms with Gasteiger partial charge in [0.15, 0.2) is 0 Å². The molecule has 0 spiro atoms. The molecule has 0 N–H and O–H groups in total. The second-order valence-corrected chi connectivity index (χ2v) is 3.59. The molecular formula is C11H18O2. The molecule has 1 unspecified atom stereocenters. The highest BCUT2D eigenvalue weighted by atomic mass is 16.5. The molecule has 2 heteroatoms. The molecule has 0 aliphatic heterocycles. The lowest BCUT2D eigenvalue weighted by Gasteiger charge is -2.20. The highest BCUT2D eigenvalue weighted by Gasteiger charge is 2.18. The first-order chi connectivity index (χ1) is 6.24. The lowest BCUT2D eigenvalue weighted by Crippen LogP contribution is -2.14. The summed E-state index contributed by atoms with van der Waals surface area (Å²) >= 11 is 0. The summed E-state index contributed by atoms with van der Waals surface area (Å²) in [6.45, 7) is 4.46. The molecule has 0 radical (unpaired) electrons. The smallest absolute Gasteiger partial charge is 0.306 e. The van der Waals surface area contributed by atoms with Gasteiger partial charge in [-0.25, -0.2) is 0 Å². The van der Waals surface area contributed by atoms with Gasteiger partial charge in [0, 0.05) is 0 Å². The third-order valence-electron chi connectivity index (χ3n) is 2.59. The van der Waals surface area contributed by atoms with Crippen molar-refractivity contribution in [2.24, 2.45) is 5.92 Å². The number of rotatable bonds is 3. The van der Waals surface area contributed by atoms with E-state index in [1.54, 1.807) is 0 Å². The molecule has 1 rings (SSSR count). The van der Waals surface area contributed by atoms with E-state index in [1.807, 2.05) is 6.92 Å². The number of carbonyl (C=O) groups is 1. The highest BCUT2D eigenvalue weighted by molar-refractivity contribution is 5.70. The van der Waals surface area contributed by atoms with Gasteiger partial charge in [0.25, 0.3) is 0 Å². The third kappa shape index (κ3) is 3.21. The van der Waals surface area contributed by atoms with Crippen molar-refractivity contribution in [1.82, 2.24) is 0 Å². The molecule has 0 aromatic rings. The number of ether oxygens (including phenoxy) is 1. The summed E-state index contributed by atoms with van der Waals surface area (Å²) in [4.78, 5) is 11.2. The van der Waals surface area contributed by atoms with Crippen molar-refractivity contribution >= 4 is 5.97 Å². The Morgan fingerprint density at radius 2 is 2.46 bits per heavy atom. The molecule has 1 atom stereocenters. The maximum absolute atomic E-state index is 11.2. The van der Waals surface area contributed by atoms with Gasteiger partial charge >= 0.3 is 5.97 Å². The van der Waals surface area contributed by atoms with E-state index < -0.39 is 0 Å². The zero-order valence-corrected chi connectivity index (χ0v) is 8.51. The van der Waals surface area contributed by atoms with Gasteiger partial charge in [0.2, 0.25) is 0 Å². The lowest BCUT2D eigenvalue weighted by molar-refractivity contribution is -0.144. The van der Waals surface area contributed by atoms with E-state index in [4.69, 9.17) is 4.74 Å². The maximum Gasteiger partial charge on any atom is 0.306 e. The van der Waals surface area contributed by atoms with Crippen LogP contribution in [0, 0.1) is 5.92 Å². The molecule has 0 saturated carbocycles. The van der Waals surface area contributed by atoms with E-state index in [-0.39, 0.29) is 5.97 Å². The van der Waals surface area contributed by atoms with Gasteiger partial charge in [-0.1, -0.05) is 11.6 Å². The summed E-state index contributed by atoms with van der Waals surface area (Å²) in [6.07, 6.45) is 6.33. The minimum atomic E-state index is -0.0536. The molecule has 1 aliphatic carbocycles. The van der Waals surface area contributed by atoms with Crippen LogP contribution in [0.1, 0.15) is 39.5 Å². The summed E-state index contributed by atoms with van der Waals surface area (Å²) in [5.74, 6) is 0.384. The Hall–Kier alpha value is -0.790. The largest absolute Gasteiger partial charge is 0.466 e. The zero-order chi connectivity index (χ0) is 9.68. The fourth-order valence-electron chi connectivity index (χ4n) is 1.77. The summed E-state index contributed by atoms with van der Waals surface area (Å²) in [6, 6.07) is 0. The standard InChI is InChI=1S/C11H18O2/c1-3-13-11(12)8-10-7-5-4-6-9(10)2/h6,10H,3-5,7-8H2,1-2H3. The van der Waals surface area contributed by atoms with E-state index in [0.717, 1.165) is 6.42 Å². The molecule has 0 saturated heterocycles. The second kappa shape index (κ2) is 5.05. The van der Waals surface area contributed by atoms with Gasteiger partial charge in [0.1, 0.15) is 0 Å². The minimum Gasteiger partial charge on any atom is -0.466 e. The van der Waals surface area contributed by atoms with Crippen LogP contribution in [0.4, 0.5) is 0 Å². The van der Waals surface area contributed by atoms with Crippen LogP contribution in [0.15, 0.2) is 11.6 Å². The van der Waals surface area contributed by atoms with Gasteiger partial charge in [-0.2, -0.15) is 0 Å². The van der Waals surface area contributed by atoms with Gasteiger partial charge < -0.3 is 4.74 Å². The number of allylic oxidation sites excluding steroid dienone is 2. The third-order valence-corrected chi connectivity index (χ3v) is 2.59. The molecule has 1 aliphatic rings. The van der Waals surface area contributed by atoms with Gasteiger partial charge in [-0.3, -0.25) is 4.79 Å². The topological polar surface area (TPSA) is 26.3 Å². The van der Waals surface area contributed by atoms with E-state index in [1.165, 1.54) is 18.4 Å². The SMILES string of the molecule is CCOC(=O)CC1CCCC=C1C. The fraction of sp³-hybridized carbons (Fsp3) is 0.727. The monoisotopic (exact) mass is 182 g/mol. The Balaban J connectivity index is 2.39. The van der Waals surface area contributed by atoms with Crippen LogP contribution in [-0.4, -0.2) is 12.6 Å². The number of hydrogen-bond donors (Lipinski definition) is 0. The summed E-state index contributed by atoms with van der Waals surface area (Å²) < 4.78 is 4.93. The summed E-state index contributed by atoms with van der Waals surface area (Å²) in [5.41, 5.74) is 1.36. The summed E-state index contributed by atoms with van der Waals surface area (Å²) in [5, 5.41) is 0. The molecule has 0 bridgehead atoms. The van der Waals surface area contributed by atoms with E-state index in [0.29, 0.717) is 18.9 Å². The van der Waals surface area contributed by atoms with Gasteiger partial charge in [0.05, 0.1) is 13.0 Å². The van der Waals surface area contributed by atoms with Crippen molar-refractivity contribution in [3.63, 3.8) is 0 Å². The van der Waals surface area contributed by atoms with E-state index in [2.05, 4.69) is 13.0 Å². The quantitative estimate of drug-likeness (QED) is 0.495. The molecular weight excluding hydrogens is 164 g/mol. The normalized spacial score (nSPS) is 22.3. The van der Waals surface area contributed by atoms with E-state index in [9.17, 15) is 4.79 Å². The van der Waals surface area contributed by atoms with Crippen LogP contribution in [0.25, 0.3) is 0 Å². The van der Waals surface area contributed by atoms with Crippen molar-refractivity contribution in [3.8, 4) is 0 Å². The van der Waals surface area contributed by atoms with Crippen LogP contribution >= 0.6 is 0 Å². The number of esters is 1.